The van der Waals surface area contributed by atoms with Crippen LogP contribution in [0.4, 0.5) is 0 Å². The summed E-state index contributed by atoms with van der Waals surface area (Å²) in [5.74, 6) is -0.478. The molecule has 0 aliphatic carbocycles. The first kappa shape index (κ1) is 14.6. The van der Waals surface area contributed by atoms with Gasteiger partial charge in [-0.2, -0.15) is 0 Å². The summed E-state index contributed by atoms with van der Waals surface area (Å²) < 4.78 is 5.07. The van der Waals surface area contributed by atoms with Gasteiger partial charge in [-0.25, -0.2) is 0 Å². The summed E-state index contributed by atoms with van der Waals surface area (Å²) in [4.78, 5) is 24.8. The number of aliphatic carboxylic acids is 1. The zero-order chi connectivity index (χ0) is 14.7. The number of likely N-dealkylation sites (tertiary alicyclic amines) is 1. The van der Waals surface area contributed by atoms with Crippen molar-refractivity contribution in [1.29, 1.82) is 0 Å². The first-order chi connectivity index (χ1) is 9.49. The van der Waals surface area contributed by atoms with Gasteiger partial charge in [0, 0.05) is 25.1 Å². The van der Waals surface area contributed by atoms with Gasteiger partial charge in [-0.05, 0) is 33.1 Å². The number of rotatable bonds is 4. The zero-order valence-corrected chi connectivity index (χ0v) is 11.9. The molecule has 1 unspecified atom stereocenters. The molecule has 0 saturated carbocycles. The molecular weight excluding hydrogens is 260 g/mol. The monoisotopic (exact) mass is 280 g/mol. The predicted octanol–water partition coefficient (Wildman–Crippen LogP) is 1.55. The lowest BCUT2D eigenvalue weighted by Gasteiger charge is -2.30. The SMILES string of the molecule is Cc1noc(C)c1CCC(=O)N1CCCC(C(=O)O)C1. The van der Waals surface area contributed by atoms with E-state index in [1.165, 1.54) is 0 Å². The Morgan fingerprint density at radius 1 is 1.45 bits per heavy atom. The topological polar surface area (TPSA) is 83.6 Å². The number of piperidine rings is 1. The number of nitrogens with zero attached hydrogens (tertiary/aromatic N) is 2. The molecule has 2 rings (SSSR count). The smallest absolute Gasteiger partial charge is 0.308 e. The summed E-state index contributed by atoms with van der Waals surface area (Å²) in [6.45, 7) is 4.68. The predicted molar refractivity (Wildman–Crippen MR) is 71.2 cm³/mol. The van der Waals surface area contributed by atoms with E-state index < -0.39 is 11.9 Å². The Morgan fingerprint density at radius 3 is 2.80 bits per heavy atom. The van der Waals surface area contributed by atoms with Crippen LogP contribution in [-0.4, -0.2) is 40.1 Å². The van der Waals surface area contributed by atoms with E-state index >= 15 is 0 Å². The third-order valence-corrected chi connectivity index (χ3v) is 3.89. The maximum Gasteiger partial charge on any atom is 0.308 e. The Labute approximate surface area is 117 Å². The molecular formula is C14H20N2O4. The van der Waals surface area contributed by atoms with Crippen molar-refractivity contribution in [2.45, 2.75) is 39.5 Å². The molecule has 0 aromatic carbocycles. The van der Waals surface area contributed by atoms with E-state index in [-0.39, 0.29) is 5.91 Å². The highest BCUT2D eigenvalue weighted by Gasteiger charge is 2.28. The molecule has 1 aromatic heterocycles. The Hall–Kier alpha value is -1.85. The van der Waals surface area contributed by atoms with E-state index in [0.29, 0.717) is 32.4 Å². The van der Waals surface area contributed by atoms with Gasteiger partial charge in [0.25, 0.3) is 0 Å². The number of hydrogen-bond donors (Lipinski definition) is 1. The van der Waals surface area contributed by atoms with Crippen molar-refractivity contribution >= 4 is 11.9 Å². The average molecular weight is 280 g/mol. The normalized spacial score (nSPS) is 19.1. The molecule has 1 atom stereocenters. The molecule has 1 aromatic rings. The maximum absolute atomic E-state index is 12.2. The minimum Gasteiger partial charge on any atom is -0.481 e. The van der Waals surface area contributed by atoms with Crippen molar-refractivity contribution in [3.05, 3.63) is 17.0 Å². The number of carbonyl (C=O) groups excluding carboxylic acids is 1. The molecule has 0 spiro atoms. The highest BCUT2D eigenvalue weighted by atomic mass is 16.5. The van der Waals surface area contributed by atoms with Crippen LogP contribution in [0.2, 0.25) is 0 Å². The van der Waals surface area contributed by atoms with E-state index in [1.54, 1.807) is 4.90 Å². The van der Waals surface area contributed by atoms with Gasteiger partial charge in [-0.15, -0.1) is 0 Å². The Morgan fingerprint density at radius 2 is 2.20 bits per heavy atom. The third-order valence-electron chi connectivity index (χ3n) is 3.89. The number of aryl methyl sites for hydroxylation is 2. The summed E-state index contributed by atoms with van der Waals surface area (Å²) >= 11 is 0. The molecule has 1 aliphatic rings. The number of amides is 1. The number of aromatic nitrogens is 1. The molecule has 0 bridgehead atoms. The molecule has 20 heavy (non-hydrogen) atoms. The van der Waals surface area contributed by atoms with Crippen molar-refractivity contribution in [2.75, 3.05) is 13.1 Å². The molecule has 0 radical (unpaired) electrons. The molecule has 1 N–H and O–H groups in total. The van der Waals surface area contributed by atoms with E-state index in [0.717, 1.165) is 23.4 Å². The Kier molecular flexibility index (Phi) is 4.42. The molecule has 1 amide bonds. The first-order valence-electron chi connectivity index (χ1n) is 6.91. The molecule has 1 fully saturated rings. The average Bonchev–Trinajstić information content (AvgIpc) is 2.75. The van der Waals surface area contributed by atoms with Crippen LogP contribution < -0.4 is 0 Å². The van der Waals surface area contributed by atoms with Gasteiger partial charge in [-0.3, -0.25) is 9.59 Å². The highest BCUT2D eigenvalue weighted by Crippen LogP contribution is 2.19. The second kappa shape index (κ2) is 6.07. The van der Waals surface area contributed by atoms with Crippen LogP contribution in [0.3, 0.4) is 0 Å². The van der Waals surface area contributed by atoms with Gasteiger partial charge in [-0.1, -0.05) is 5.16 Å². The van der Waals surface area contributed by atoms with Crippen molar-refractivity contribution in [3.63, 3.8) is 0 Å². The van der Waals surface area contributed by atoms with Crippen LogP contribution in [0.1, 0.15) is 36.3 Å². The van der Waals surface area contributed by atoms with Gasteiger partial charge in [0.1, 0.15) is 5.76 Å². The summed E-state index contributed by atoms with van der Waals surface area (Å²) in [7, 11) is 0. The van der Waals surface area contributed by atoms with Crippen LogP contribution in [0.25, 0.3) is 0 Å². The minimum atomic E-state index is -0.812. The lowest BCUT2D eigenvalue weighted by molar-refractivity contribution is -0.145. The summed E-state index contributed by atoms with van der Waals surface area (Å²) in [6, 6.07) is 0. The quantitative estimate of drug-likeness (QED) is 0.904. The van der Waals surface area contributed by atoms with E-state index in [9.17, 15) is 9.59 Å². The Bertz CT molecular complexity index is 490. The fraction of sp³-hybridized carbons (Fsp3) is 0.643. The first-order valence-corrected chi connectivity index (χ1v) is 6.91. The lowest BCUT2D eigenvalue weighted by atomic mass is 9.97. The van der Waals surface area contributed by atoms with Crippen molar-refractivity contribution in [3.8, 4) is 0 Å². The standard InChI is InChI=1S/C14H20N2O4/c1-9-12(10(2)20-15-9)5-6-13(17)16-7-3-4-11(8-16)14(18)19/h11H,3-8H2,1-2H3,(H,18,19). The van der Waals surface area contributed by atoms with Crippen molar-refractivity contribution < 1.29 is 19.2 Å². The summed E-state index contributed by atoms with van der Waals surface area (Å²) in [6.07, 6.45) is 2.38. The maximum atomic E-state index is 12.2. The minimum absolute atomic E-state index is 0.0101. The third kappa shape index (κ3) is 3.18. The van der Waals surface area contributed by atoms with E-state index in [4.69, 9.17) is 9.63 Å². The fourth-order valence-corrected chi connectivity index (χ4v) is 2.65. The van der Waals surface area contributed by atoms with E-state index in [2.05, 4.69) is 5.16 Å². The summed E-state index contributed by atoms with van der Waals surface area (Å²) in [5.41, 5.74) is 1.79. The molecule has 1 saturated heterocycles. The van der Waals surface area contributed by atoms with Crippen LogP contribution >= 0.6 is 0 Å². The van der Waals surface area contributed by atoms with Gasteiger partial charge in [0.2, 0.25) is 5.91 Å². The lowest BCUT2D eigenvalue weighted by Crippen LogP contribution is -2.42. The number of carboxylic acids is 1. The molecule has 2 heterocycles. The van der Waals surface area contributed by atoms with Crippen LogP contribution in [0, 0.1) is 19.8 Å². The highest BCUT2D eigenvalue weighted by molar-refractivity contribution is 5.78. The largest absolute Gasteiger partial charge is 0.481 e. The van der Waals surface area contributed by atoms with Gasteiger partial charge in [0.05, 0.1) is 11.6 Å². The van der Waals surface area contributed by atoms with Crippen LogP contribution in [0.15, 0.2) is 4.52 Å². The summed E-state index contributed by atoms with van der Waals surface area (Å²) in [5, 5.41) is 12.9. The van der Waals surface area contributed by atoms with Crippen LogP contribution in [0.5, 0.6) is 0 Å². The second-order valence-corrected chi connectivity index (χ2v) is 5.32. The van der Waals surface area contributed by atoms with Gasteiger partial charge in [0.15, 0.2) is 0 Å². The number of carbonyl (C=O) groups is 2. The molecule has 1 aliphatic heterocycles. The zero-order valence-electron chi connectivity index (χ0n) is 11.9. The Balaban J connectivity index is 1.90. The fourth-order valence-electron chi connectivity index (χ4n) is 2.65. The van der Waals surface area contributed by atoms with E-state index in [1.807, 2.05) is 13.8 Å². The van der Waals surface area contributed by atoms with Gasteiger partial charge < -0.3 is 14.5 Å². The second-order valence-electron chi connectivity index (χ2n) is 5.32. The molecule has 6 heteroatoms. The number of hydrogen-bond acceptors (Lipinski definition) is 4. The number of carboxylic acid groups (broad SMARTS) is 1. The van der Waals surface area contributed by atoms with Crippen molar-refractivity contribution in [1.82, 2.24) is 10.1 Å². The molecule has 110 valence electrons. The van der Waals surface area contributed by atoms with Gasteiger partial charge >= 0.3 is 5.97 Å². The van der Waals surface area contributed by atoms with Crippen molar-refractivity contribution in [2.24, 2.45) is 5.92 Å². The molecule has 6 nitrogen and oxygen atoms in total. The van der Waals surface area contributed by atoms with Crippen LogP contribution in [-0.2, 0) is 16.0 Å².